The van der Waals surface area contributed by atoms with Crippen LogP contribution in [-0.2, 0) is 21.8 Å². The van der Waals surface area contributed by atoms with Crippen molar-refractivity contribution in [2.24, 2.45) is 0 Å². The number of rotatable bonds is 7. The molecule has 7 nitrogen and oxygen atoms in total. The van der Waals surface area contributed by atoms with E-state index in [9.17, 15) is 4.79 Å². The highest BCUT2D eigenvalue weighted by atomic mass is 32.2. The van der Waals surface area contributed by atoms with Gasteiger partial charge in [0.2, 0.25) is 0 Å². The van der Waals surface area contributed by atoms with E-state index in [-0.39, 0.29) is 5.91 Å². The van der Waals surface area contributed by atoms with Crippen LogP contribution in [0.3, 0.4) is 0 Å². The molecule has 0 bridgehead atoms. The predicted octanol–water partition coefficient (Wildman–Crippen LogP) is 3.94. The van der Waals surface area contributed by atoms with Crippen molar-refractivity contribution in [3.63, 3.8) is 0 Å². The average molecular weight is 493 g/mol. The number of carbonyl (C=O) groups is 1. The van der Waals surface area contributed by atoms with Gasteiger partial charge < -0.3 is 19.7 Å². The van der Waals surface area contributed by atoms with Crippen LogP contribution in [0.15, 0.2) is 54.5 Å². The molecule has 184 valence electrons. The van der Waals surface area contributed by atoms with Gasteiger partial charge in [0, 0.05) is 60.7 Å². The molecule has 0 spiro atoms. The molecule has 35 heavy (non-hydrogen) atoms. The van der Waals surface area contributed by atoms with Crippen molar-refractivity contribution in [1.29, 1.82) is 0 Å². The Balaban J connectivity index is 1.46. The van der Waals surface area contributed by atoms with Crippen molar-refractivity contribution >= 4 is 23.2 Å². The van der Waals surface area contributed by atoms with E-state index in [4.69, 9.17) is 14.6 Å². The minimum Gasteiger partial charge on any atom is -0.381 e. The standard InChI is InChI=1S/C27H32N4O3S/c1-3-22-24(4-2)35-18-23-25(27(32)30-11-15-34-16-12-30)29-31(26(22)23)21-7-5-19(6-8-21)17-28-20-9-13-33-14-10-20/h3-8,20,28H,1-2,9-18H2. The lowest BCUT2D eigenvalue weighted by Gasteiger charge is -2.26. The number of amides is 1. The molecular formula is C27H32N4O3S. The number of thioether (sulfide) groups is 1. The van der Waals surface area contributed by atoms with Crippen LogP contribution >= 0.6 is 11.8 Å². The molecule has 1 aromatic heterocycles. The molecule has 2 fully saturated rings. The van der Waals surface area contributed by atoms with Gasteiger partial charge in [0.15, 0.2) is 5.69 Å². The number of benzene rings is 1. The fourth-order valence-electron chi connectivity index (χ4n) is 4.77. The molecule has 3 aliphatic rings. The smallest absolute Gasteiger partial charge is 0.274 e. The Kier molecular flexibility index (Phi) is 7.53. The van der Waals surface area contributed by atoms with Gasteiger partial charge in [-0.1, -0.05) is 37.4 Å². The zero-order chi connectivity index (χ0) is 24.2. The molecule has 0 atom stereocenters. The minimum atomic E-state index is -0.0355. The van der Waals surface area contributed by atoms with Gasteiger partial charge in [-0.2, -0.15) is 5.10 Å². The second kappa shape index (κ2) is 11.0. The molecule has 0 unspecified atom stereocenters. The molecule has 2 saturated heterocycles. The van der Waals surface area contributed by atoms with E-state index in [0.29, 0.717) is 43.8 Å². The lowest BCUT2D eigenvalue weighted by atomic mass is 10.0. The fraction of sp³-hybridized carbons (Fsp3) is 0.407. The van der Waals surface area contributed by atoms with Crippen molar-refractivity contribution in [1.82, 2.24) is 20.0 Å². The predicted molar refractivity (Wildman–Crippen MR) is 140 cm³/mol. The van der Waals surface area contributed by atoms with Crippen molar-refractivity contribution in [3.05, 3.63) is 77.0 Å². The number of aromatic nitrogens is 2. The van der Waals surface area contributed by atoms with Crippen LogP contribution < -0.4 is 5.32 Å². The summed E-state index contributed by atoms with van der Waals surface area (Å²) in [7, 11) is 0. The third-order valence-electron chi connectivity index (χ3n) is 6.76. The van der Waals surface area contributed by atoms with Crippen LogP contribution in [0.2, 0.25) is 0 Å². The highest BCUT2D eigenvalue weighted by Crippen LogP contribution is 2.41. The second-order valence-electron chi connectivity index (χ2n) is 8.90. The zero-order valence-corrected chi connectivity index (χ0v) is 20.8. The summed E-state index contributed by atoms with van der Waals surface area (Å²) in [5, 5.41) is 8.51. The average Bonchev–Trinajstić information content (AvgIpc) is 3.32. The molecule has 5 rings (SSSR count). The number of allylic oxidation sites excluding steroid dienone is 3. The van der Waals surface area contributed by atoms with E-state index in [0.717, 1.165) is 60.0 Å². The number of nitrogens with one attached hydrogen (secondary N) is 1. The van der Waals surface area contributed by atoms with E-state index in [1.807, 2.05) is 21.7 Å². The summed E-state index contributed by atoms with van der Waals surface area (Å²) in [4.78, 5) is 16.3. The van der Waals surface area contributed by atoms with Gasteiger partial charge in [0.05, 0.1) is 24.6 Å². The summed E-state index contributed by atoms with van der Waals surface area (Å²) < 4.78 is 12.8. The van der Waals surface area contributed by atoms with Crippen molar-refractivity contribution in [2.75, 3.05) is 39.5 Å². The molecule has 0 aliphatic carbocycles. The summed E-state index contributed by atoms with van der Waals surface area (Å²) in [5.74, 6) is 0.638. The van der Waals surface area contributed by atoms with Crippen molar-refractivity contribution in [2.45, 2.75) is 31.2 Å². The van der Waals surface area contributed by atoms with E-state index in [2.05, 4.69) is 42.7 Å². The maximum absolute atomic E-state index is 13.5. The van der Waals surface area contributed by atoms with E-state index in [1.165, 1.54) is 5.56 Å². The number of hydrogen-bond donors (Lipinski definition) is 1. The van der Waals surface area contributed by atoms with Gasteiger partial charge in [-0.3, -0.25) is 4.79 Å². The Morgan fingerprint density at radius 1 is 1.09 bits per heavy atom. The number of morpholine rings is 1. The maximum atomic E-state index is 13.5. The number of ether oxygens (including phenoxy) is 2. The highest BCUT2D eigenvalue weighted by molar-refractivity contribution is 8.02. The Labute approximate surface area is 210 Å². The topological polar surface area (TPSA) is 68.6 Å². The van der Waals surface area contributed by atoms with Gasteiger partial charge in [0.25, 0.3) is 5.91 Å². The number of nitrogens with zero attached hydrogens (tertiary/aromatic N) is 3. The molecule has 1 aromatic carbocycles. The van der Waals surface area contributed by atoms with Crippen LogP contribution in [0.25, 0.3) is 11.3 Å². The van der Waals surface area contributed by atoms with E-state index in [1.54, 1.807) is 11.8 Å². The molecule has 0 radical (unpaired) electrons. The highest BCUT2D eigenvalue weighted by Gasteiger charge is 2.32. The first-order valence-corrected chi connectivity index (χ1v) is 13.2. The molecule has 2 aromatic rings. The molecule has 3 aliphatic heterocycles. The summed E-state index contributed by atoms with van der Waals surface area (Å²) >= 11 is 1.67. The molecular weight excluding hydrogens is 460 g/mol. The minimum absolute atomic E-state index is 0.0355. The first-order valence-electron chi connectivity index (χ1n) is 12.2. The van der Waals surface area contributed by atoms with Gasteiger partial charge >= 0.3 is 0 Å². The lowest BCUT2D eigenvalue weighted by molar-refractivity contribution is 0.0298. The largest absolute Gasteiger partial charge is 0.381 e. The van der Waals surface area contributed by atoms with Gasteiger partial charge in [0.1, 0.15) is 0 Å². The normalized spacial score (nSPS) is 18.9. The second-order valence-corrected chi connectivity index (χ2v) is 9.92. The molecule has 1 amide bonds. The van der Waals surface area contributed by atoms with E-state index < -0.39 is 0 Å². The summed E-state index contributed by atoms with van der Waals surface area (Å²) in [6.45, 7) is 12.8. The maximum Gasteiger partial charge on any atom is 0.274 e. The summed E-state index contributed by atoms with van der Waals surface area (Å²) in [6.07, 6.45) is 5.81. The third-order valence-corrected chi connectivity index (χ3v) is 7.89. The lowest BCUT2D eigenvalue weighted by Crippen LogP contribution is -2.41. The fourth-order valence-corrected chi connectivity index (χ4v) is 5.79. The number of hydrogen-bond acceptors (Lipinski definition) is 6. The Hall–Kier alpha value is -2.65. The third kappa shape index (κ3) is 5.02. The molecule has 0 saturated carbocycles. The van der Waals surface area contributed by atoms with E-state index >= 15 is 0 Å². The van der Waals surface area contributed by atoms with Crippen molar-refractivity contribution < 1.29 is 14.3 Å². The van der Waals surface area contributed by atoms with Crippen LogP contribution in [0, 0.1) is 0 Å². The molecule has 8 heteroatoms. The first kappa shape index (κ1) is 24.1. The van der Waals surface area contributed by atoms with Crippen LogP contribution in [0.4, 0.5) is 0 Å². The summed E-state index contributed by atoms with van der Waals surface area (Å²) in [5.41, 5.74) is 5.50. The number of fused-ring (bicyclic) bond motifs is 1. The number of carbonyl (C=O) groups excluding carboxylic acids is 1. The van der Waals surface area contributed by atoms with Crippen LogP contribution in [0.1, 0.15) is 40.2 Å². The monoisotopic (exact) mass is 492 g/mol. The van der Waals surface area contributed by atoms with Gasteiger partial charge in [-0.05, 0) is 30.5 Å². The first-order chi connectivity index (χ1) is 17.2. The molecule has 1 N–H and O–H groups in total. The SMILES string of the molecule is C=CC1=C(C=C)c2c(c(C(=O)N3CCOCC3)nn2-c2ccc(CNC3CCOCC3)cc2)CS1. The Morgan fingerprint density at radius 2 is 1.80 bits per heavy atom. The van der Waals surface area contributed by atoms with Crippen LogP contribution in [-0.4, -0.2) is 66.1 Å². The van der Waals surface area contributed by atoms with Crippen LogP contribution in [0.5, 0.6) is 0 Å². The quantitative estimate of drug-likeness (QED) is 0.632. The zero-order valence-electron chi connectivity index (χ0n) is 20.0. The van der Waals surface area contributed by atoms with Gasteiger partial charge in [-0.15, -0.1) is 11.8 Å². The molecule has 4 heterocycles. The Bertz CT molecular complexity index is 1130. The van der Waals surface area contributed by atoms with Gasteiger partial charge in [-0.25, -0.2) is 4.68 Å². The Morgan fingerprint density at radius 3 is 2.49 bits per heavy atom. The van der Waals surface area contributed by atoms with Crippen molar-refractivity contribution in [3.8, 4) is 5.69 Å². The summed E-state index contributed by atoms with van der Waals surface area (Å²) in [6, 6.07) is 8.91.